The van der Waals surface area contributed by atoms with Gasteiger partial charge in [-0.25, -0.2) is 0 Å². The van der Waals surface area contributed by atoms with Gasteiger partial charge < -0.3 is 10.4 Å². The van der Waals surface area contributed by atoms with E-state index >= 15 is 0 Å². The molecule has 1 aromatic rings. The SMILES string of the molecule is O=C(O)[C@@H]1[C@H](C(=O)NCCc2cccc(Cl)c2)[C@H]2C=C[C@H]1CC2. The maximum atomic E-state index is 12.5. The summed E-state index contributed by atoms with van der Waals surface area (Å²) in [7, 11) is 0. The number of allylic oxidation sites excluding steroid dienone is 2. The second kappa shape index (κ2) is 6.75. The van der Waals surface area contributed by atoms with Crippen molar-refractivity contribution < 1.29 is 14.7 Å². The van der Waals surface area contributed by atoms with Crippen LogP contribution >= 0.6 is 11.6 Å². The van der Waals surface area contributed by atoms with E-state index in [0.717, 1.165) is 18.4 Å². The van der Waals surface area contributed by atoms with Crippen molar-refractivity contribution in [2.24, 2.45) is 23.7 Å². The van der Waals surface area contributed by atoms with Crippen molar-refractivity contribution in [1.29, 1.82) is 0 Å². The Morgan fingerprint density at radius 2 is 1.87 bits per heavy atom. The third kappa shape index (κ3) is 3.42. The lowest BCUT2D eigenvalue weighted by Gasteiger charge is -2.41. The first-order valence-corrected chi connectivity index (χ1v) is 8.37. The molecule has 4 nitrogen and oxygen atoms in total. The van der Waals surface area contributed by atoms with Crippen LogP contribution in [0.4, 0.5) is 0 Å². The molecule has 4 rings (SSSR count). The number of carboxylic acids is 1. The van der Waals surface area contributed by atoms with Crippen molar-refractivity contribution in [2.75, 3.05) is 6.54 Å². The summed E-state index contributed by atoms with van der Waals surface area (Å²) in [6, 6.07) is 7.53. The molecule has 122 valence electrons. The molecule has 0 radical (unpaired) electrons. The molecule has 0 aliphatic heterocycles. The Labute approximate surface area is 140 Å². The highest BCUT2D eigenvalue weighted by Gasteiger charge is 2.47. The van der Waals surface area contributed by atoms with Crippen LogP contribution in [0.25, 0.3) is 0 Å². The van der Waals surface area contributed by atoms with Gasteiger partial charge in [0.05, 0.1) is 11.8 Å². The molecule has 1 aromatic carbocycles. The lowest BCUT2D eigenvalue weighted by Crippen LogP contribution is -2.49. The van der Waals surface area contributed by atoms with E-state index in [2.05, 4.69) is 5.32 Å². The largest absolute Gasteiger partial charge is 0.481 e. The molecule has 2 bridgehead atoms. The number of halogens is 1. The molecule has 0 unspecified atom stereocenters. The third-order valence-electron chi connectivity index (χ3n) is 4.94. The fraction of sp³-hybridized carbons (Fsp3) is 0.444. The fourth-order valence-corrected chi connectivity index (χ4v) is 4.04. The number of hydrogen-bond acceptors (Lipinski definition) is 2. The maximum Gasteiger partial charge on any atom is 0.307 e. The number of fused-ring (bicyclic) bond motifs is 2. The van der Waals surface area contributed by atoms with Gasteiger partial charge in [0.1, 0.15) is 0 Å². The number of carboxylic acid groups (broad SMARTS) is 1. The van der Waals surface area contributed by atoms with Gasteiger partial charge >= 0.3 is 5.97 Å². The molecule has 0 spiro atoms. The van der Waals surface area contributed by atoms with Gasteiger partial charge in [-0.1, -0.05) is 35.9 Å². The summed E-state index contributed by atoms with van der Waals surface area (Å²) in [6.45, 7) is 0.489. The Kier molecular flexibility index (Phi) is 4.71. The second-order valence-electron chi connectivity index (χ2n) is 6.35. The third-order valence-corrected chi connectivity index (χ3v) is 5.17. The Morgan fingerprint density at radius 1 is 1.17 bits per heavy atom. The summed E-state index contributed by atoms with van der Waals surface area (Å²) in [5.74, 6) is -2.01. The minimum Gasteiger partial charge on any atom is -0.481 e. The lowest BCUT2D eigenvalue weighted by molar-refractivity contribution is -0.152. The minimum atomic E-state index is -0.862. The van der Waals surface area contributed by atoms with Gasteiger partial charge in [0.2, 0.25) is 5.91 Å². The van der Waals surface area contributed by atoms with Gasteiger partial charge in [-0.3, -0.25) is 9.59 Å². The average Bonchev–Trinajstić information content (AvgIpc) is 2.55. The molecule has 23 heavy (non-hydrogen) atoms. The molecule has 1 saturated carbocycles. The molecule has 1 fully saturated rings. The maximum absolute atomic E-state index is 12.5. The standard InChI is InChI=1S/C18H20ClNO3/c19-14-3-1-2-11(10-14)8-9-20-17(21)15-12-4-6-13(7-5-12)16(15)18(22)23/h1-4,6,10,12-13,15-16H,5,7-9H2,(H,20,21)(H,22,23)/t12-,13-,15+,16-/m0/s1. The fourth-order valence-electron chi connectivity index (χ4n) is 3.83. The van der Waals surface area contributed by atoms with Crippen molar-refractivity contribution in [3.63, 3.8) is 0 Å². The molecule has 3 aliphatic carbocycles. The van der Waals surface area contributed by atoms with Gasteiger partial charge in [-0.15, -0.1) is 0 Å². The molecule has 3 aliphatic rings. The van der Waals surface area contributed by atoms with Crippen molar-refractivity contribution in [3.8, 4) is 0 Å². The summed E-state index contributed by atoms with van der Waals surface area (Å²) >= 11 is 5.94. The van der Waals surface area contributed by atoms with Crippen LogP contribution in [0.2, 0.25) is 5.02 Å². The minimum absolute atomic E-state index is 0.0128. The summed E-state index contributed by atoms with van der Waals surface area (Å²) in [5, 5.41) is 13.1. The van der Waals surface area contributed by atoms with Crippen LogP contribution in [0.15, 0.2) is 36.4 Å². The number of aliphatic carboxylic acids is 1. The first kappa shape index (κ1) is 16.1. The number of benzene rings is 1. The van der Waals surface area contributed by atoms with Crippen LogP contribution in [0, 0.1) is 23.7 Å². The summed E-state index contributed by atoms with van der Waals surface area (Å²) < 4.78 is 0. The first-order chi connectivity index (χ1) is 11.1. The zero-order valence-corrected chi connectivity index (χ0v) is 13.5. The van der Waals surface area contributed by atoms with Crippen LogP contribution in [0.1, 0.15) is 18.4 Å². The topological polar surface area (TPSA) is 66.4 Å². The van der Waals surface area contributed by atoms with E-state index < -0.39 is 17.8 Å². The summed E-state index contributed by atoms with van der Waals surface area (Å²) in [5.41, 5.74) is 1.05. The molecule has 0 heterocycles. The van der Waals surface area contributed by atoms with Crippen LogP contribution in [0.5, 0.6) is 0 Å². The molecular formula is C18H20ClNO3. The molecule has 0 saturated heterocycles. The number of amides is 1. The van der Waals surface area contributed by atoms with Crippen LogP contribution < -0.4 is 5.32 Å². The number of rotatable bonds is 5. The van der Waals surface area contributed by atoms with E-state index in [9.17, 15) is 14.7 Å². The van der Waals surface area contributed by atoms with Gasteiger partial charge in [0.15, 0.2) is 0 Å². The van der Waals surface area contributed by atoms with Crippen molar-refractivity contribution in [3.05, 3.63) is 47.0 Å². The molecule has 4 atom stereocenters. The lowest BCUT2D eigenvalue weighted by atomic mass is 9.62. The zero-order valence-electron chi connectivity index (χ0n) is 12.7. The smallest absolute Gasteiger partial charge is 0.307 e. The zero-order chi connectivity index (χ0) is 16.4. The Bertz CT molecular complexity index is 643. The normalized spacial score (nSPS) is 28.6. The second-order valence-corrected chi connectivity index (χ2v) is 6.79. The van der Waals surface area contributed by atoms with Crippen molar-refractivity contribution in [1.82, 2.24) is 5.32 Å². The quantitative estimate of drug-likeness (QED) is 0.814. The van der Waals surface area contributed by atoms with E-state index in [1.807, 2.05) is 36.4 Å². The molecular weight excluding hydrogens is 314 g/mol. The average molecular weight is 334 g/mol. The van der Waals surface area contributed by atoms with E-state index in [0.29, 0.717) is 18.0 Å². The highest BCUT2D eigenvalue weighted by atomic mass is 35.5. The Morgan fingerprint density at radius 3 is 2.48 bits per heavy atom. The molecule has 0 aromatic heterocycles. The highest BCUT2D eigenvalue weighted by Crippen LogP contribution is 2.45. The van der Waals surface area contributed by atoms with E-state index in [4.69, 9.17) is 11.6 Å². The number of carbonyl (C=O) groups is 2. The first-order valence-electron chi connectivity index (χ1n) is 7.99. The molecule has 2 N–H and O–H groups in total. The Hall–Kier alpha value is -1.81. The van der Waals surface area contributed by atoms with E-state index in [-0.39, 0.29) is 17.7 Å². The number of carbonyl (C=O) groups excluding carboxylic acids is 1. The van der Waals surface area contributed by atoms with Gasteiger partial charge in [0.25, 0.3) is 0 Å². The number of hydrogen-bond donors (Lipinski definition) is 2. The van der Waals surface area contributed by atoms with Crippen LogP contribution in [-0.4, -0.2) is 23.5 Å². The highest BCUT2D eigenvalue weighted by molar-refractivity contribution is 6.30. The Balaban J connectivity index is 1.61. The van der Waals surface area contributed by atoms with E-state index in [1.165, 1.54) is 0 Å². The van der Waals surface area contributed by atoms with Crippen LogP contribution in [-0.2, 0) is 16.0 Å². The number of nitrogens with one attached hydrogen (secondary N) is 1. The monoisotopic (exact) mass is 333 g/mol. The van der Waals surface area contributed by atoms with Gasteiger partial charge in [0, 0.05) is 11.6 Å². The van der Waals surface area contributed by atoms with Crippen molar-refractivity contribution in [2.45, 2.75) is 19.3 Å². The summed E-state index contributed by atoms with van der Waals surface area (Å²) in [6.07, 6.45) is 6.44. The summed E-state index contributed by atoms with van der Waals surface area (Å²) in [4.78, 5) is 24.1. The molecule has 5 heteroatoms. The van der Waals surface area contributed by atoms with Crippen LogP contribution in [0.3, 0.4) is 0 Å². The van der Waals surface area contributed by atoms with Crippen molar-refractivity contribution >= 4 is 23.5 Å². The predicted octanol–water partition coefficient (Wildman–Crippen LogP) is 2.91. The van der Waals surface area contributed by atoms with E-state index in [1.54, 1.807) is 0 Å². The van der Waals surface area contributed by atoms with Gasteiger partial charge in [-0.05, 0) is 48.8 Å². The van der Waals surface area contributed by atoms with Gasteiger partial charge in [-0.2, -0.15) is 0 Å². The predicted molar refractivity (Wildman–Crippen MR) is 88.1 cm³/mol. The molecule has 1 amide bonds.